The number of hydrogen-bond donors (Lipinski definition) is 0. The van der Waals surface area contributed by atoms with Gasteiger partial charge in [-0.2, -0.15) is 0 Å². The van der Waals surface area contributed by atoms with Gasteiger partial charge in [0.2, 0.25) is 5.91 Å². The van der Waals surface area contributed by atoms with E-state index in [9.17, 15) is 9.59 Å². The summed E-state index contributed by atoms with van der Waals surface area (Å²) < 4.78 is 1.21. The Kier molecular flexibility index (Phi) is 8.78. The second-order valence-corrected chi connectivity index (χ2v) is 19.8. The highest BCUT2D eigenvalue weighted by Crippen LogP contribution is 2.77. The van der Waals surface area contributed by atoms with Gasteiger partial charge in [0.15, 0.2) is 5.78 Å². The molecule has 0 radical (unpaired) electrons. The SMILES string of the molecule is C=C(C)[C@@H]1CC[C@]2(C(=O)N3CCN(CC)CC3)CC[C@]3(C)[C@H](CC[C@@H]4[C@@]5(C)C/C(=C/c6cccc(I)c6)C(=O)C(C)(C)[C@@H]5CC[C@]43C)[C@@H]12. The van der Waals surface area contributed by atoms with Gasteiger partial charge in [0.25, 0.3) is 0 Å². The Morgan fingerprint density at radius 3 is 2.33 bits per heavy atom. The van der Waals surface area contributed by atoms with Crippen molar-refractivity contribution in [3.63, 3.8) is 0 Å². The van der Waals surface area contributed by atoms with Gasteiger partial charge < -0.3 is 9.80 Å². The van der Waals surface area contributed by atoms with Gasteiger partial charge in [-0.15, -0.1) is 0 Å². The monoisotopic (exact) mass is 764 g/mol. The minimum atomic E-state index is -0.369. The minimum absolute atomic E-state index is 0.0684. The van der Waals surface area contributed by atoms with Crippen LogP contribution in [-0.4, -0.2) is 54.2 Å². The van der Waals surface area contributed by atoms with E-state index in [0.717, 1.165) is 82.4 Å². The lowest BCUT2D eigenvalue weighted by atomic mass is 9.32. The van der Waals surface area contributed by atoms with Crippen molar-refractivity contribution in [2.75, 3.05) is 32.7 Å². The van der Waals surface area contributed by atoms with Gasteiger partial charge >= 0.3 is 0 Å². The van der Waals surface area contributed by atoms with E-state index in [0.29, 0.717) is 41.3 Å². The second-order valence-electron chi connectivity index (χ2n) is 18.5. The molecule has 0 N–H and O–H groups in total. The number of carbonyl (C=O) groups excluding carboxylic acids is 2. The van der Waals surface area contributed by atoms with Crippen molar-refractivity contribution in [2.45, 2.75) is 106 Å². The van der Waals surface area contributed by atoms with Crippen LogP contribution in [0.4, 0.5) is 0 Å². The largest absolute Gasteiger partial charge is 0.340 e. The van der Waals surface area contributed by atoms with Crippen molar-refractivity contribution >= 4 is 40.4 Å². The maximum atomic E-state index is 14.8. The van der Waals surface area contributed by atoms with Crippen LogP contribution in [0.15, 0.2) is 42.0 Å². The molecule has 4 nitrogen and oxygen atoms in total. The van der Waals surface area contributed by atoms with E-state index in [1.54, 1.807) is 0 Å². The molecule has 9 atom stereocenters. The molecule has 48 heavy (non-hydrogen) atoms. The number of carbonyl (C=O) groups is 2. The standard InChI is InChI=1S/C43H61IN2O2/c1-9-45-21-23-46(24-22-45)38(48)43-18-15-32(28(2)3)36(43)33-13-14-35-40(6)27-30(25-29-11-10-12-31(44)26-29)37(47)39(4,5)34(40)16-17-42(35,8)41(33,7)19-20-43/h10-12,25-26,32-36H,2,9,13-24,27H2,1,3-8H3/b30-25-/t32-,33+,34-,35+,36+,40-,41+,42+,43-/m0/s1. The molecule has 5 heteroatoms. The number of ketones is 1. The Labute approximate surface area is 305 Å². The first-order chi connectivity index (χ1) is 22.6. The molecule has 1 amide bonds. The molecular weight excluding hydrogens is 703 g/mol. The Hall–Kier alpha value is -1.47. The van der Waals surface area contributed by atoms with Crippen molar-refractivity contribution in [2.24, 2.45) is 56.7 Å². The normalized spacial score (nSPS) is 43.2. The molecule has 0 spiro atoms. The third-order valence-corrected chi connectivity index (χ3v) is 17.0. The highest BCUT2D eigenvalue weighted by molar-refractivity contribution is 14.1. The van der Waals surface area contributed by atoms with Crippen LogP contribution in [-0.2, 0) is 9.59 Å². The number of halogens is 1. The predicted molar refractivity (Wildman–Crippen MR) is 205 cm³/mol. The van der Waals surface area contributed by atoms with Gasteiger partial charge in [0.1, 0.15) is 0 Å². The fraction of sp³-hybridized carbons (Fsp3) is 0.721. The molecule has 1 aromatic rings. The summed E-state index contributed by atoms with van der Waals surface area (Å²) in [5, 5.41) is 0. The number of benzene rings is 1. The van der Waals surface area contributed by atoms with E-state index in [1.807, 2.05) is 0 Å². The summed E-state index contributed by atoms with van der Waals surface area (Å²) in [6, 6.07) is 8.59. The number of piperazine rings is 1. The van der Waals surface area contributed by atoms with Gasteiger partial charge in [-0.1, -0.05) is 65.8 Å². The van der Waals surface area contributed by atoms with Crippen molar-refractivity contribution in [1.82, 2.24) is 9.80 Å². The smallest absolute Gasteiger partial charge is 0.229 e. The molecule has 1 aromatic carbocycles. The average Bonchev–Trinajstić information content (AvgIpc) is 3.45. The lowest BCUT2D eigenvalue weighted by Gasteiger charge is -2.72. The highest BCUT2D eigenvalue weighted by atomic mass is 127. The van der Waals surface area contributed by atoms with Gasteiger partial charge in [-0.3, -0.25) is 9.59 Å². The lowest BCUT2D eigenvalue weighted by molar-refractivity contribution is -0.231. The maximum absolute atomic E-state index is 14.8. The van der Waals surface area contributed by atoms with Gasteiger partial charge in [0.05, 0.1) is 5.41 Å². The molecule has 1 aliphatic heterocycles. The van der Waals surface area contributed by atoms with Crippen molar-refractivity contribution in [3.8, 4) is 0 Å². The first-order valence-electron chi connectivity index (χ1n) is 19.3. The molecule has 0 unspecified atom stereocenters. The third kappa shape index (κ3) is 4.95. The van der Waals surface area contributed by atoms with Crippen molar-refractivity contribution in [3.05, 3.63) is 51.1 Å². The number of Topliss-reactive ketones (excluding diaryl/α,β-unsaturated/α-hetero) is 1. The summed E-state index contributed by atoms with van der Waals surface area (Å²) in [7, 11) is 0. The molecule has 1 heterocycles. The maximum Gasteiger partial charge on any atom is 0.229 e. The topological polar surface area (TPSA) is 40.6 Å². The molecule has 5 aliphatic carbocycles. The average molecular weight is 765 g/mol. The number of hydrogen-bond acceptors (Lipinski definition) is 3. The Morgan fingerprint density at radius 1 is 0.938 bits per heavy atom. The zero-order chi connectivity index (χ0) is 34.4. The Balaban J connectivity index is 1.24. The summed E-state index contributed by atoms with van der Waals surface area (Å²) in [5.41, 5.74) is 3.30. The van der Waals surface area contributed by atoms with Gasteiger partial charge in [-0.25, -0.2) is 0 Å². The van der Waals surface area contributed by atoms with Crippen molar-refractivity contribution < 1.29 is 9.59 Å². The highest BCUT2D eigenvalue weighted by Gasteiger charge is 2.72. The molecular formula is C43H61IN2O2. The van der Waals surface area contributed by atoms with Crippen LogP contribution in [0.5, 0.6) is 0 Å². The molecule has 0 bridgehead atoms. The fourth-order valence-corrected chi connectivity index (χ4v) is 14.4. The molecule has 6 aliphatic rings. The zero-order valence-corrected chi connectivity index (χ0v) is 33.1. The molecule has 7 rings (SSSR count). The van der Waals surface area contributed by atoms with Gasteiger partial charge in [0, 0.05) is 35.2 Å². The lowest BCUT2D eigenvalue weighted by Crippen LogP contribution is -2.67. The minimum Gasteiger partial charge on any atom is -0.340 e. The van der Waals surface area contributed by atoms with Crippen LogP contribution >= 0.6 is 22.6 Å². The van der Waals surface area contributed by atoms with E-state index in [4.69, 9.17) is 0 Å². The molecule has 5 saturated carbocycles. The third-order valence-electron chi connectivity index (χ3n) is 16.4. The van der Waals surface area contributed by atoms with E-state index in [2.05, 4.69) is 118 Å². The first-order valence-corrected chi connectivity index (χ1v) is 20.4. The van der Waals surface area contributed by atoms with Crippen LogP contribution < -0.4 is 0 Å². The number of rotatable bonds is 4. The van der Waals surface area contributed by atoms with E-state index in [1.165, 1.54) is 28.4 Å². The number of fused-ring (bicyclic) bond motifs is 7. The van der Waals surface area contributed by atoms with E-state index < -0.39 is 0 Å². The van der Waals surface area contributed by atoms with Gasteiger partial charge in [-0.05, 0) is 169 Å². The van der Waals surface area contributed by atoms with Crippen LogP contribution in [0.2, 0.25) is 0 Å². The zero-order valence-electron chi connectivity index (χ0n) is 31.0. The quantitative estimate of drug-likeness (QED) is 0.174. The molecule has 1 saturated heterocycles. The number of amides is 1. The number of likely N-dealkylation sites (N-methyl/N-ethyl adjacent to an activating group) is 1. The Bertz CT molecular complexity index is 1520. The van der Waals surface area contributed by atoms with Crippen LogP contribution in [0.3, 0.4) is 0 Å². The fourth-order valence-electron chi connectivity index (χ4n) is 13.9. The summed E-state index contributed by atoms with van der Waals surface area (Å²) in [6.45, 7) is 26.3. The summed E-state index contributed by atoms with van der Waals surface area (Å²) >= 11 is 2.38. The van der Waals surface area contributed by atoms with E-state index in [-0.39, 0.29) is 27.1 Å². The summed E-state index contributed by atoms with van der Waals surface area (Å²) in [4.78, 5) is 33.8. The Morgan fingerprint density at radius 2 is 1.67 bits per heavy atom. The van der Waals surface area contributed by atoms with Crippen LogP contribution in [0.1, 0.15) is 112 Å². The summed E-state index contributed by atoms with van der Waals surface area (Å²) in [5.74, 6) is 3.18. The first kappa shape index (κ1) is 35.0. The molecule has 0 aromatic heterocycles. The van der Waals surface area contributed by atoms with Crippen LogP contribution in [0, 0.1) is 60.2 Å². The van der Waals surface area contributed by atoms with E-state index >= 15 is 0 Å². The summed E-state index contributed by atoms with van der Waals surface area (Å²) in [6.07, 6.45) is 12.2. The molecule has 262 valence electrons. The van der Waals surface area contributed by atoms with Crippen LogP contribution in [0.25, 0.3) is 6.08 Å². The predicted octanol–water partition coefficient (Wildman–Crippen LogP) is 9.68. The second kappa shape index (κ2) is 12.1. The molecule has 6 fully saturated rings. The number of nitrogens with zero attached hydrogens (tertiary/aromatic N) is 2. The van der Waals surface area contributed by atoms with Crippen molar-refractivity contribution in [1.29, 1.82) is 0 Å². The number of allylic oxidation sites excluding steroid dienone is 2.